The Morgan fingerprint density at radius 3 is 2.80 bits per heavy atom. The van der Waals surface area contributed by atoms with E-state index < -0.39 is 17.4 Å². The normalized spacial score (nSPS) is 14.4. The maximum atomic E-state index is 12.6. The highest BCUT2D eigenvalue weighted by atomic mass is 19.1. The molecule has 0 saturated heterocycles. The van der Waals surface area contributed by atoms with E-state index in [0.29, 0.717) is 0 Å². The molecule has 82 valence electrons. The van der Waals surface area contributed by atoms with E-state index in [9.17, 15) is 14.3 Å². The number of carbonyl (C=O) groups excluding carboxylic acids is 1. The predicted octanol–water partition coefficient (Wildman–Crippen LogP) is 0.991. The third kappa shape index (κ3) is 2.50. The Morgan fingerprint density at radius 1 is 1.67 bits per heavy atom. The van der Waals surface area contributed by atoms with Crippen molar-refractivity contribution in [1.29, 1.82) is 0 Å². The van der Waals surface area contributed by atoms with Crippen LogP contribution in [0.5, 0.6) is 0 Å². The van der Waals surface area contributed by atoms with Crippen LogP contribution < -0.4 is 0 Å². The SMILES string of the molecule is CCOC(=O)C(C)(O)c1ccc(F)cn1. The molecule has 0 aromatic carbocycles. The second-order valence-corrected chi connectivity index (χ2v) is 3.15. The average Bonchev–Trinajstić information content (AvgIpc) is 2.18. The molecular formula is C10H12FNO3. The van der Waals surface area contributed by atoms with Crippen LogP contribution in [0.1, 0.15) is 19.5 Å². The number of hydrogen-bond acceptors (Lipinski definition) is 4. The van der Waals surface area contributed by atoms with Gasteiger partial charge >= 0.3 is 5.97 Å². The lowest BCUT2D eigenvalue weighted by atomic mass is 10.0. The summed E-state index contributed by atoms with van der Waals surface area (Å²) in [7, 11) is 0. The molecule has 15 heavy (non-hydrogen) atoms. The molecule has 0 spiro atoms. The summed E-state index contributed by atoms with van der Waals surface area (Å²) in [4.78, 5) is 15.0. The summed E-state index contributed by atoms with van der Waals surface area (Å²) in [6.07, 6.45) is 0.934. The van der Waals surface area contributed by atoms with E-state index in [1.807, 2.05) is 0 Å². The molecule has 0 bridgehead atoms. The number of halogens is 1. The molecule has 1 aromatic rings. The maximum absolute atomic E-state index is 12.6. The van der Waals surface area contributed by atoms with E-state index in [-0.39, 0.29) is 12.3 Å². The molecular weight excluding hydrogens is 201 g/mol. The van der Waals surface area contributed by atoms with Gasteiger partial charge in [-0.3, -0.25) is 4.98 Å². The van der Waals surface area contributed by atoms with Crippen LogP contribution in [0.3, 0.4) is 0 Å². The van der Waals surface area contributed by atoms with E-state index in [1.165, 1.54) is 13.0 Å². The summed E-state index contributed by atoms with van der Waals surface area (Å²) in [5.41, 5.74) is -1.79. The molecule has 1 aromatic heterocycles. The summed E-state index contributed by atoms with van der Waals surface area (Å²) in [5.74, 6) is -1.33. The number of rotatable bonds is 3. The van der Waals surface area contributed by atoms with Gasteiger partial charge in [0.05, 0.1) is 18.5 Å². The quantitative estimate of drug-likeness (QED) is 0.761. The van der Waals surface area contributed by atoms with Crippen molar-refractivity contribution < 1.29 is 19.0 Å². The monoisotopic (exact) mass is 213 g/mol. The highest BCUT2D eigenvalue weighted by Gasteiger charge is 2.35. The van der Waals surface area contributed by atoms with Crippen LogP contribution in [0, 0.1) is 5.82 Å². The number of nitrogens with zero attached hydrogens (tertiary/aromatic N) is 1. The molecule has 0 aliphatic heterocycles. The Hall–Kier alpha value is -1.49. The topological polar surface area (TPSA) is 59.4 Å². The third-order valence-electron chi connectivity index (χ3n) is 1.90. The smallest absolute Gasteiger partial charge is 0.344 e. The van der Waals surface area contributed by atoms with Gasteiger partial charge in [-0.25, -0.2) is 9.18 Å². The van der Waals surface area contributed by atoms with Gasteiger partial charge in [0.1, 0.15) is 5.82 Å². The first kappa shape index (κ1) is 11.6. The van der Waals surface area contributed by atoms with Gasteiger partial charge in [-0.05, 0) is 26.0 Å². The minimum Gasteiger partial charge on any atom is -0.464 e. The molecule has 0 aliphatic rings. The first-order valence-corrected chi connectivity index (χ1v) is 4.50. The Balaban J connectivity index is 2.94. The lowest BCUT2D eigenvalue weighted by Crippen LogP contribution is -2.35. The first-order valence-electron chi connectivity index (χ1n) is 4.50. The van der Waals surface area contributed by atoms with E-state index in [1.54, 1.807) is 6.92 Å². The summed E-state index contributed by atoms with van der Waals surface area (Å²) in [6, 6.07) is 2.36. The molecule has 1 unspecified atom stereocenters. The lowest BCUT2D eigenvalue weighted by Gasteiger charge is -2.19. The Morgan fingerprint density at radius 2 is 2.33 bits per heavy atom. The number of hydrogen-bond donors (Lipinski definition) is 1. The van der Waals surface area contributed by atoms with Crippen LogP contribution in [-0.2, 0) is 15.1 Å². The van der Waals surface area contributed by atoms with Crippen molar-refractivity contribution in [3.63, 3.8) is 0 Å². The van der Waals surface area contributed by atoms with E-state index >= 15 is 0 Å². The summed E-state index contributed by atoms with van der Waals surface area (Å²) in [6.45, 7) is 3.05. The fourth-order valence-corrected chi connectivity index (χ4v) is 1.04. The van der Waals surface area contributed by atoms with Gasteiger partial charge in [-0.2, -0.15) is 0 Å². The molecule has 0 saturated carbocycles. The van der Waals surface area contributed by atoms with Gasteiger partial charge in [-0.1, -0.05) is 0 Å². The van der Waals surface area contributed by atoms with Crippen LogP contribution in [0.25, 0.3) is 0 Å². The van der Waals surface area contributed by atoms with Crippen LogP contribution in [0.4, 0.5) is 4.39 Å². The Kier molecular flexibility index (Phi) is 3.36. The van der Waals surface area contributed by atoms with Crippen LogP contribution in [0.15, 0.2) is 18.3 Å². The van der Waals surface area contributed by atoms with Crippen molar-refractivity contribution in [2.75, 3.05) is 6.61 Å². The summed E-state index contributed by atoms with van der Waals surface area (Å²) >= 11 is 0. The van der Waals surface area contributed by atoms with Gasteiger partial charge in [0.2, 0.25) is 5.60 Å². The van der Waals surface area contributed by atoms with Crippen molar-refractivity contribution in [3.8, 4) is 0 Å². The molecule has 0 radical (unpaired) electrons. The third-order valence-corrected chi connectivity index (χ3v) is 1.90. The number of aliphatic hydroxyl groups is 1. The van der Waals surface area contributed by atoms with Crippen LogP contribution >= 0.6 is 0 Å². The molecule has 0 fully saturated rings. The molecule has 0 amide bonds. The zero-order chi connectivity index (χ0) is 11.5. The molecule has 5 heteroatoms. The molecule has 4 nitrogen and oxygen atoms in total. The molecule has 1 rings (SSSR count). The van der Waals surface area contributed by atoms with Crippen molar-refractivity contribution in [2.24, 2.45) is 0 Å². The van der Waals surface area contributed by atoms with Crippen molar-refractivity contribution in [3.05, 3.63) is 29.8 Å². The second kappa shape index (κ2) is 4.35. The molecule has 0 aliphatic carbocycles. The largest absolute Gasteiger partial charge is 0.464 e. The molecule has 1 N–H and O–H groups in total. The number of carbonyl (C=O) groups is 1. The van der Waals surface area contributed by atoms with Crippen LogP contribution in [-0.4, -0.2) is 22.7 Å². The van der Waals surface area contributed by atoms with E-state index in [2.05, 4.69) is 9.72 Å². The van der Waals surface area contributed by atoms with Gasteiger partial charge in [0.25, 0.3) is 0 Å². The maximum Gasteiger partial charge on any atom is 0.344 e. The molecule has 1 heterocycles. The summed E-state index contributed by atoms with van der Waals surface area (Å²) < 4.78 is 17.2. The van der Waals surface area contributed by atoms with Gasteiger partial charge < -0.3 is 9.84 Å². The van der Waals surface area contributed by atoms with Gasteiger partial charge in [-0.15, -0.1) is 0 Å². The first-order chi connectivity index (χ1) is 6.98. The van der Waals surface area contributed by atoms with Crippen LogP contribution in [0.2, 0.25) is 0 Å². The second-order valence-electron chi connectivity index (χ2n) is 3.15. The van der Waals surface area contributed by atoms with E-state index in [4.69, 9.17) is 0 Å². The van der Waals surface area contributed by atoms with Crippen molar-refractivity contribution in [1.82, 2.24) is 4.98 Å². The molecule has 1 atom stereocenters. The number of pyridine rings is 1. The zero-order valence-electron chi connectivity index (χ0n) is 8.53. The minimum atomic E-state index is -1.84. The summed E-state index contributed by atoms with van der Waals surface area (Å²) in [5, 5.41) is 9.82. The number of aromatic nitrogens is 1. The van der Waals surface area contributed by atoms with Crippen molar-refractivity contribution >= 4 is 5.97 Å². The van der Waals surface area contributed by atoms with Gasteiger partial charge in [0, 0.05) is 0 Å². The van der Waals surface area contributed by atoms with Gasteiger partial charge in [0.15, 0.2) is 0 Å². The lowest BCUT2D eigenvalue weighted by molar-refractivity contribution is -0.164. The fourth-order valence-electron chi connectivity index (χ4n) is 1.04. The van der Waals surface area contributed by atoms with E-state index in [0.717, 1.165) is 12.3 Å². The minimum absolute atomic E-state index is 0.0577. The standard InChI is InChI=1S/C10H12FNO3/c1-3-15-9(13)10(2,14)8-5-4-7(11)6-12-8/h4-6,14H,3H2,1-2H3. The number of esters is 1. The highest BCUT2D eigenvalue weighted by molar-refractivity contribution is 5.79. The van der Waals surface area contributed by atoms with Crippen molar-refractivity contribution in [2.45, 2.75) is 19.4 Å². The Bertz CT molecular complexity index is 348. The fraction of sp³-hybridized carbons (Fsp3) is 0.400. The predicted molar refractivity (Wildman–Crippen MR) is 50.4 cm³/mol. The zero-order valence-corrected chi connectivity index (χ0v) is 8.53. The Labute approximate surface area is 86.7 Å². The number of ether oxygens (including phenoxy) is 1. The highest BCUT2D eigenvalue weighted by Crippen LogP contribution is 2.19. The average molecular weight is 213 g/mol.